The molecule has 1 saturated carbocycles. The van der Waals surface area contributed by atoms with Crippen molar-refractivity contribution in [2.45, 2.75) is 44.2 Å². The molecule has 1 aromatic rings. The van der Waals surface area contributed by atoms with E-state index in [1.54, 1.807) is 12.1 Å². The largest absolute Gasteiger partial charge is 0.335 e. The molecular weight excluding hydrogens is 464 g/mol. The van der Waals surface area contributed by atoms with Crippen molar-refractivity contribution in [2.75, 3.05) is 56.1 Å². The van der Waals surface area contributed by atoms with Gasteiger partial charge in [0.2, 0.25) is 11.8 Å². The highest BCUT2D eigenvalue weighted by atomic mass is 35.5. The Hall–Kier alpha value is -1.68. The van der Waals surface area contributed by atoms with Crippen LogP contribution in [0.5, 0.6) is 0 Å². The molecule has 0 radical (unpaired) electrons. The molecule has 4 rings (SSSR count). The molecule has 0 unspecified atom stereocenters. The van der Waals surface area contributed by atoms with E-state index in [9.17, 15) is 18.0 Å². The van der Waals surface area contributed by atoms with E-state index in [-0.39, 0.29) is 41.9 Å². The van der Waals surface area contributed by atoms with Gasteiger partial charge in [0.05, 0.1) is 35.3 Å². The molecule has 2 heterocycles. The average Bonchev–Trinajstić information content (AvgIpc) is 3.41. The van der Waals surface area contributed by atoms with Gasteiger partial charge < -0.3 is 10.2 Å². The van der Waals surface area contributed by atoms with Crippen molar-refractivity contribution in [1.82, 2.24) is 14.7 Å². The molecule has 0 bridgehead atoms. The third kappa shape index (κ3) is 6.47. The summed E-state index contributed by atoms with van der Waals surface area (Å²) in [5, 5.41) is 3.36. The van der Waals surface area contributed by atoms with Gasteiger partial charge in [-0.05, 0) is 31.4 Å². The lowest BCUT2D eigenvalue weighted by Gasteiger charge is -2.38. The SMILES string of the molecule is O=C(CN1CCN(CC(=O)N(C2CCCC2)[C@@H]2CCS(=O)(=O)C2)CC1)Nc1ccccc1Cl. The number of halogens is 1. The molecular formula is C23H33ClN4O4S. The Morgan fingerprint density at radius 2 is 1.61 bits per heavy atom. The highest BCUT2D eigenvalue weighted by Gasteiger charge is 2.39. The molecule has 1 N–H and O–H groups in total. The minimum absolute atomic E-state index is 0.0499. The van der Waals surface area contributed by atoms with Crippen LogP contribution in [0, 0.1) is 0 Å². The van der Waals surface area contributed by atoms with Crippen molar-refractivity contribution in [2.24, 2.45) is 0 Å². The van der Waals surface area contributed by atoms with E-state index < -0.39 is 9.84 Å². The van der Waals surface area contributed by atoms with Crippen molar-refractivity contribution in [1.29, 1.82) is 0 Å². The van der Waals surface area contributed by atoms with Gasteiger partial charge in [0.1, 0.15) is 0 Å². The number of carbonyl (C=O) groups is 2. The highest BCUT2D eigenvalue weighted by molar-refractivity contribution is 7.91. The normalized spacial score (nSPS) is 24.1. The molecule has 0 aromatic heterocycles. The first-order valence-electron chi connectivity index (χ1n) is 11.8. The third-order valence-electron chi connectivity index (χ3n) is 6.95. The van der Waals surface area contributed by atoms with E-state index in [1.807, 2.05) is 17.0 Å². The van der Waals surface area contributed by atoms with E-state index in [0.29, 0.717) is 49.9 Å². The number of para-hydroxylation sites is 1. The van der Waals surface area contributed by atoms with Crippen LogP contribution in [0.1, 0.15) is 32.1 Å². The number of carbonyl (C=O) groups excluding carboxylic acids is 2. The molecule has 1 aliphatic carbocycles. The minimum Gasteiger partial charge on any atom is -0.335 e. The lowest BCUT2D eigenvalue weighted by atomic mass is 10.1. The van der Waals surface area contributed by atoms with Gasteiger partial charge in [0.15, 0.2) is 9.84 Å². The van der Waals surface area contributed by atoms with E-state index in [2.05, 4.69) is 15.1 Å². The summed E-state index contributed by atoms with van der Waals surface area (Å²) in [7, 11) is -3.04. The number of anilines is 1. The fourth-order valence-corrected chi connectivity index (χ4v) is 7.11. The molecule has 33 heavy (non-hydrogen) atoms. The molecule has 2 aliphatic heterocycles. The molecule has 1 atom stereocenters. The lowest BCUT2D eigenvalue weighted by Crippen LogP contribution is -2.54. The first-order chi connectivity index (χ1) is 15.8. The summed E-state index contributed by atoms with van der Waals surface area (Å²) in [6, 6.07) is 7.15. The molecule has 8 nitrogen and oxygen atoms in total. The van der Waals surface area contributed by atoms with Crippen LogP contribution in [0.4, 0.5) is 5.69 Å². The van der Waals surface area contributed by atoms with Crippen LogP contribution in [0.3, 0.4) is 0 Å². The molecule has 3 aliphatic rings. The van der Waals surface area contributed by atoms with Crippen molar-refractivity contribution in [3.05, 3.63) is 29.3 Å². The second kappa shape index (κ2) is 10.7. The van der Waals surface area contributed by atoms with Gasteiger partial charge in [-0.2, -0.15) is 0 Å². The predicted molar refractivity (Wildman–Crippen MR) is 129 cm³/mol. The fourth-order valence-electron chi connectivity index (χ4n) is 5.22. The molecule has 1 aromatic carbocycles. The summed E-state index contributed by atoms with van der Waals surface area (Å²) in [5.41, 5.74) is 0.606. The second-order valence-electron chi connectivity index (χ2n) is 9.38. The number of nitrogens with one attached hydrogen (secondary N) is 1. The van der Waals surface area contributed by atoms with E-state index in [0.717, 1.165) is 25.7 Å². The number of benzene rings is 1. The summed E-state index contributed by atoms with van der Waals surface area (Å²) in [5.74, 6) is 0.225. The molecule has 0 spiro atoms. The Balaban J connectivity index is 1.27. The van der Waals surface area contributed by atoms with Crippen molar-refractivity contribution in [3.63, 3.8) is 0 Å². The molecule has 182 valence electrons. The molecule has 2 amide bonds. The van der Waals surface area contributed by atoms with Crippen LogP contribution >= 0.6 is 11.6 Å². The first-order valence-corrected chi connectivity index (χ1v) is 14.0. The van der Waals surface area contributed by atoms with Crippen LogP contribution in [-0.4, -0.2) is 97.8 Å². The number of amides is 2. The maximum Gasteiger partial charge on any atom is 0.238 e. The second-order valence-corrected chi connectivity index (χ2v) is 12.0. The Bertz CT molecular complexity index is 959. The average molecular weight is 497 g/mol. The number of hydrogen-bond donors (Lipinski definition) is 1. The Labute approximate surface area is 201 Å². The summed E-state index contributed by atoms with van der Waals surface area (Å²) in [6.07, 6.45) is 4.69. The predicted octanol–water partition coefficient (Wildman–Crippen LogP) is 1.85. The van der Waals surface area contributed by atoms with Gasteiger partial charge in [0, 0.05) is 38.3 Å². The number of hydrogen-bond acceptors (Lipinski definition) is 6. The highest BCUT2D eigenvalue weighted by Crippen LogP contribution is 2.29. The van der Waals surface area contributed by atoms with E-state index in [4.69, 9.17) is 11.6 Å². The summed E-state index contributed by atoms with van der Waals surface area (Å²) in [4.78, 5) is 31.8. The van der Waals surface area contributed by atoms with Crippen LogP contribution in [0.2, 0.25) is 5.02 Å². The fraction of sp³-hybridized carbons (Fsp3) is 0.652. The van der Waals surface area contributed by atoms with Gasteiger partial charge >= 0.3 is 0 Å². The summed E-state index contributed by atoms with van der Waals surface area (Å²) >= 11 is 6.11. The van der Waals surface area contributed by atoms with Gasteiger partial charge in [-0.15, -0.1) is 0 Å². The van der Waals surface area contributed by atoms with Gasteiger partial charge in [-0.1, -0.05) is 36.6 Å². The van der Waals surface area contributed by atoms with Crippen molar-refractivity contribution >= 4 is 38.9 Å². The van der Waals surface area contributed by atoms with Crippen molar-refractivity contribution in [3.8, 4) is 0 Å². The molecule has 10 heteroatoms. The van der Waals surface area contributed by atoms with Gasteiger partial charge in [-0.25, -0.2) is 8.42 Å². The van der Waals surface area contributed by atoms with Crippen LogP contribution < -0.4 is 5.32 Å². The standard InChI is InChI=1S/C23H33ClN4O4S/c24-20-7-3-4-8-21(20)25-22(29)15-26-10-12-27(13-11-26)16-23(30)28(18-5-1-2-6-18)19-9-14-33(31,32)17-19/h3-4,7-8,18-19H,1-2,5-6,9-17H2,(H,25,29)/t19-/m1/s1. The van der Waals surface area contributed by atoms with Crippen LogP contribution in [0.25, 0.3) is 0 Å². The first kappa shape index (κ1) is 24.4. The number of rotatable bonds is 7. The summed E-state index contributed by atoms with van der Waals surface area (Å²) < 4.78 is 24.1. The maximum atomic E-state index is 13.3. The van der Waals surface area contributed by atoms with E-state index >= 15 is 0 Å². The smallest absolute Gasteiger partial charge is 0.238 e. The topological polar surface area (TPSA) is 90.0 Å². The number of piperazine rings is 1. The number of nitrogens with zero attached hydrogens (tertiary/aromatic N) is 3. The van der Waals surface area contributed by atoms with E-state index in [1.165, 1.54) is 0 Å². The van der Waals surface area contributed by atoms with Crippen LogP contribution in [-0.2, 0) is 19.4 Å². The molecule has 2 saturated heterocycles. The Morgan fingerprint density at radius 1 is 0.970 bits per heavy atom. The number of sulfone groups is 1. The molecule has 3 fully saturated rings. The zero-order chi connectivity index (χ0) is 23.4. The maximum absolute atomic E-state index is 13.3. The lowest BCUT2D eigenvalue weighted by molar-refractivity contribution is -0.137. The van der Waals surface area contributed by atoms with Gasteiger partial charge in [0.25, 0.3) is 0 Å². The third-order valence-corrected chi connectivity index (χ3v) is 9.03. The van der Waals surface area contributed by atoms with Crippen LogP contribution in [0.15, 0.2) is 24.3 Å². The van der Waals surface area contributed by atoms with Crippen molar-refractivity contribution < 1.29 is 18.0 Å². The Kier molecular flexibility index (Phi) is 7.94. The monoisotopic (exact) mass is 496 g/mol. The zero-order valence-electron chi connectivity index (χ0n) is 18.9. The zero-order valence-corrected chi connectivity index (χ0v) is 20.5. The summed E-state index contributed by atoms with van der Waals surface area (Å²) in [6.45, 7) is 3.39. The van der Waals surface area contributed by atoms with Gasteiger partial charge in [-0.3, -0.25) is 19.4 Å². The minimum atomic E-state index is -3.04. The Morgan fingerprint density at radius 3 is 2.21 bits per heavy atom. The quantitative estimate of drug-likeness (QED) is 0.619.